The number of aliphatic carboxylic acids is 1. The van der Waals surface area contributed by atoms with Gasteiger partial charge in [-0.15, -0.1) is 0 Å². The van der Waals surface area contributed by atoms with Gasteiger partial charge in [-0.2, -0.15) is 5.10 Å². The fourth-order valence-electron chi connectivity index (χ4n) is 1.70. The van der Waals surface area contributed by atoms with Gasteiger partial charge in [-0.3, -0.25) is 9.48 Å². The molecule has 4 nitrogen and oxygen atoms in total. The van der Waals surface area contributed by atoms with E-state index in [0.717, 1.165) is 27.8 Å². The lowest BCUT2D eigenvalue weighted by Gasteiger charge is -2.03. The van der Waals surface area contributed by atoms with Crippen LogP contribution < -0.4 is 5.30 Å². The summed E-state index contributed by atoms with van der Waals surface area (Å²) in [7, 11) is 0.826. The van der Waals surface area contributed by atoms with Crippen LogP contribution in [0.25, 0.3) is 0 Å². The van der Waals surface area contributed by atoms with Crippen LogP contribution in [0, 0.1) is 0 Å². The van der Waals surface area contributed by atoms with E-state index in [1.165, 1.54) is 17.9 Å². The Morgan fingerprint density at radius 2 is 2.11 bits per heavy atom. The fraction of sp³-hybridized carbons (Fsp3) is 0.692. The third kappa shape index (κ3) is 6.15. The first-order valence-corrected chi connectivity index (χ1v) is 7.80. The van der Waals surface area contributed by atoms with Crippen LogP contribution in [0.4, 0.5) is 0 Å². The van der Waals surface area contributed by atoms with Gasteiger partial charge >= 0.3 is 5.97 Å². The third-order valence-corrected chi connectivity index (χ3v) is 4.05. The highest BCUT2D eigenvalue weighted by atomic mass is 31.1. The van der Waals surface area contributed by atoms with Crippen molar-refractivity contribution in [2.24, 2.45) is 0 Å². The quantitative estimate of drug-likeness (QED) is 0.554. The average Bonchev–Trinajstić information content (AvgIpc) is 2.76. The number of rotatable bonds is 9. The predicted octanol–water partition coefficient (Wildman–Crippen LogP) is 2.80. The number of carboxylic acids is 1. The summed E-state index contributed by atoms with van der Waals surface area (Å²) >= 11 is 0. The Morgan fingerprint density at radius 3 is 2.72 bits per heavy atom. The molecule has 0 aliphatic carbocycles. The van der Waals surface area contributed by atoms with Gasteiger partial charge in [0.05, 0.1) is 6.20 Å². The largest absolute Gasteiger partial charge is 0.481 e. The molecular formula is C13H23N2O2P. The summed E-state index contributed by atoms with van der Waals surface area (Å²) in [6, 6.07) is 0.430. The van der Waals surface area contributed by atoms with Crippen LogP contribution >= 0.6 is 8.58 Å². The van der Waals surface area contributed by atoms with Gasteiger partial charge in [0.25, 0.3) is 0 Å². The summed E-state index contributed by atoms with van der Waals surface area (Å²) in [5.41, 5.74) is 0. The van der Waals surface area contributed by atoms with E-state index in [9.17, 15) is 4.79 Å². The zero-order valence-electron chi connectivity index (χ0n) is 11.2. The molecule has 0 amide bonds. The lowest BCUT2D eigenvalue weighted by atomic mass is 10.2. The predicted molar refractivity (Wildman–Crippen MR) is 76.1 cm³/mol. The molecule has 1 heterocycles. The number of carbonyl (C=O) groups is 1. The Bertz CT molecular complexity index is 364. The van der Waals surface area contributed by atoms with Gasteiger partial charge in [0, 0.05) is 24.0 Å². The SMILES string of the molecule is CC(C)n1cc(PCCCCCCC(=O)O)cn1. The Balaban J connectivity index is 2.05. The molecule has 1 aromatic rings. The van der Waals surface area contributed by atoms with Gasteiger partial charge in [-0.05, 0) is 32.9 Å². The fourth-order valence-corrected chi connectivity index (χ4v) is 2.79. The van der Waals surface area contributed by atoms with Crippen molar-refractivity contribution < 1.29 is 9.90 Å². The average molecular weight is 270 g/mol. The molecule has 0 saturated heterocycles. The van der Waals surface area contributed by atoms with E-state index in [1.54, 1.807) is 0 Å². The molecule has 1 atom stereocenters. The second-order valence-electron chi connectivity index (χ2n) is 4.79. The first-order chi connectivity index (χ1) is 8.59. The van der Waals surface area contributed by atoms with Crippen LogP contribution in [0.1, 0.15) is 52.0 Å². The van der Waals surface area contributed by atoms with Crippen molar-refractivity contribution in [3.63, 3.8) is 0 Å². The zero-order valence-corrected chi connectivity index (χ0v) is 12.2. The zero-order chi connectivity index (χ0) is 13.4. The van der Waals surface area contributed by atoms with Crippen molar-refractivity contribution in [3.8, 4) is 0 Å². The number of nitrogens with zero attached hydrogens (tertiary/aromatic N) is 2. The third-order valence-electron chi connectivity index (χ3n) is 2.78. The van der Waals surface area contributed by atoms with Crippen LogP contribution in [0.15, 0.2) is 12.4 Å². The summed E-state index contributed by atoms with van der Waals surface area (Å²) < 4.78 is 2.00. The van der Waals surface area contributed by atoms with Crippen LogP contribution in [-0.4, -0.2) is 27.0 Å². The number of unbranched alkanes of at least 4 members (excludes halogenated alkanes) is 3. The molecule has 0 aromatic carbocycles. The van der Waals surface area contributed by atoms with E-state index in [-0.39, 0.29) is 0 Å². The van der Waals surface area contributed by atoms with Crippen LogP contribution in [-0.2, 0) is 4.79 Å². The van der Waals surface area contributed by atoms with E-state index < -0.39 is 5.97 Å². The Labute approximate surface area is 111 Å². The summed E-state index contributed by atoms with van der Waals surface area (Å²) in [4.78, 5) is 10.3. The second-order valence-corrected chi connectivity index (χ2v) is 6.22. The summed E-state index contributed by atoms with van der Waals surface area (Å²) in [6.07, 6.45) is 9.76. The molecule has 5 heteroatoms. The number of hydrogen-bond acceptors (Lipinski definition) is 2. The Hall–Kier alpha value is -0.890. The molecule has 0 aliphatic rings. The molecule has 1 unspecified atom stereocenters. The number of carboxylic acid groups (broad SMARTS) is 1. The standard InChI is InChI=1S/C13H23N2O2P/c1-11(2)15-10-12(9-14-15)18-8-6-4-3-5-7-13(16)17/h9-11,18H,3-8H2,1-2H3,(H,16,17). The maximum Gasteiger partial charge on any atom is 0.303 e. The molecule has 1 aromatic heterocycles. The van der Waals surface area contributed by atoms with Crippen LogP contribution in [0.5, 0.6) is 0 Å². The van der Waals surface area contributed by atoms with Gasteiger partial charge < -0.3 is 5.11 Å². The molecule has 1 rings (SSSR count). The van der Waals surface area contributed by atoms with Crippen molar-refractivity contribution in [2.45, 2.75) is 52.0 Å². The molecule has 1 N–H and O–H groups in total. The van der Waals surface area contributed by atoms with Crippen molar-refractivity contribution in [3.05, 3.63) is 12.4 Å². The molecule has 0 aliphatic heterocycles. The molecule has 102 valence electrons. The first kappa shape index (κ1) is 15.2. The molecular weight excluding hydrogens is 247 g/mol. The molecule has 18 heavy (non-hydrogen) atoms. The summed E-state index contributed by atoms with van der Waals surface area (Å²) in [5.74, 6) is -0.682. The second kappa shape index (κ2) is 8.25. The van der Waals surface area contributed by atoms with Gasteiger partial charge in [-0.1, -0.05) is 21.4 Å². The number of hydrogen-bond donors (Lipinski definition) is 1. The summed E-state index contributed by atoms with van der Waals surface area (Å²) in [5, 5.41) is 14.2. The minimum atomic E-state index is -0.682. The van der Waals surface area contributed by atoms with Crippen molar-refractivity contribution >= 4 is 19.9 Å². The van der Waals surface area contributed by atoms with Gasteiger partial charge in [0.15, 0.2) is 0 Å². The van der Waals surface area contributed by atoms with E-state index in [1.807, 2.05) is 10.9 Å². The smallest absolute Gasteiger partial charge is 0.303 e. The maximum atomic E-state index is 10.3. The highest BCUT2D eigenvalue weighted by Crippen LogP contribution is 2.15. The minimum absolute atomic E-state index is 0.309. The molecule has 0 spiro atoms. The monoisotopic (exact) mass is 270 g/mol. The van der Waals surface area contributed by atoms with E-state index in [2.05, 4.69) is 25.1 Å². The molecule has 0 radical (unpaired) electrons. The Kier molecular flexibility index (Phi) is 6.96. The molecule has 0 bridgehead atoms. The number of aromatic nitrogens is 2. The topological polar surface area (TPSA) is 55.1 Å². The molecule has 0 saturated carbocycles. The Morgan fingerprint density at radius 1 is 1.39 bits per heavy atom. The van der Waals surface area contributed by atoms with E-state index >= 15 is 0 Å². The highest BCUT2D eigenvalue weighted by molar-refractivity contribution is 7.47. The maximum absolute atomic E-state index is 10.3. The lowest BCUT2D eigenvalue weighted by molar-refractivity contribution is -0.137. The van der Waals surface area contributed by atoms with Gasteiger partial charge in [-0.25, -0.2) is 0 Å². The minimum Gasteiger partial charge on any atom is -0.481 e. The van der Waals surface area contributed by atoms with Crippen LogP contribution in [0.2, 0.25) is 0 Å². The van der Waals surface area contributed by atoms with E-state index in [4.69, 9.17) is 5.11 Å². The van der Waals surface area contributed by atoms with E-state index in [0.29, 0.717) is 12.5 Å². The lowest BCUT2D eigenvalue weighted by Crippen LogP contribution is -2.01. The van der Waals surface area contributed by atoms with Crippen molar-refractivity contribution in [2.75, 3.05) is 6.16 Å². The normalized spacial score (nSPS) is 11.7. The van der Waals surface area contributed by atoms with Gasteiger partial charge in [0.1, 0.15) is 0 Å². The van der Waals surface area contributed by atoms with Crippen molar-refractivity contribution in [1.29, 1.82) is 0 Å². The van der Waals surface area contributed by atoms with Crippen molar-refractivity contribution in [1.82, 2.24) is 9.78 Å². The molecule has 0 fully saturated rings. The van der Waals surface area contributed by atoms with Gasteiger partial charge in [0.2, 0.25) is 0 Å². The first-order valence-electron chi connectivity index (χ1n) is 6.59. The van der Waals surface area contributed by atoms with Crippen LogP contribution in [0.3, 0.4) is 0 Å². The summed E-state index contributed by atoms with van der Waals surface area (Å²) in [6.45, 7) is 4.25. The highest BCUT2D eigenvalue weighted by Gasteiger charge is 2.01.